The van der Waals surface area contributed by atoms with E-state index in [1.807, 2.05) is 22.6 Å². The van der Waals surface area contributed by atoms with Crippen molar-refractivity contribution in [2.75, 3.05) is 18.4 Å². The molecule has 1 saturated heterocycles. The number of aromatic nitrogens is 4. The minimum atomic E-state index is -1.38. The molecule has 1 fully saturated rings. The molecule has 37 heavy (non-hydrogen) atoms. The van der Waals surface area contributed by atoms with Crippen LogP contribution in [0.5, 0.6) is 0 Å². The SMILES string of the molecule is CCNC(=O)[C@H]1O[C@@H](n2cnc3c(NCC4c5ccccc5-c5ccccc54)nc(I)nc32)[C@H](O)[C@@H]1O. The van der Waals surface area contributed by atoms with Gasteiger partial charge in [-0.3, -0.25) is 9.36 Å². The zero-order chi connectivity index (χ0) is 25.7. The van der Waals surface area contributed by atoms with Crippen molar-refractivity contribution in [3.05, 3.63) is 69.8 Å². The molecular formula is C26H25IN6O4. The van der Waals surface area contributed by atoms with Gasteiger partial charge < -0.3 is 25.6 Å². The predicted octanol–water partition coefficient (Wildman–Crippen LogP) is 2.41. The molecule has 190 valence electrons. The third kappa shape index (κ3) is 4.06. The van der Waals surface area contributed by atoms with E-state index >= 15 is 0 Å². The largest absolute Gasteiger partial charge is 0.387 e. The summed E-state index contributed by atoms with van der Waals surface area (Å²) in [5, 5.41) is 27.2. The number of nitrogens with one attached hydrogen (secondary N) is 2. The first-order chi connectivity index (χ1) is 18.0. The van der Waals surface area contributed by atoms with Gasteiger partial charge in [0.1, 0.15) is 12.2 Å². The minimum absolute atomic E-state index is 0.144. The molecule has 2 aromatic heterocycles. The molecule has 1 amide bonds. The number of imidazole rings is 1. The minimum Gasteiger partial charge on any atom is -0.387 e. The van der Waals surface area contributed by atoms with Gasteiger partial charge in [0.05, 0.1) is 6.33 Å². The highest BCUT2D eigenvalue weighted by Crippen LogP contribution is 2.44. The summed E-state index contributed by atoms with van der Waals surface area (Å²) in [7, 11) is 0. The van der Waals surface area contributed by atoms with Crippen LogP contribution in [-0.4, -0.2) is 67.0 Å². The van der Waals surface area contributed by atoms with E-state index in [1.165, 1.54) is 33.1 Å². The Hall–Kier alpha value is -3.13. The normalized spacial score (nSPS) is 22.7. The van der Waals surface area contributed by atoms with Crippen molar-refractivity contribution in [3.63, 3.8) is 0 Å². The number of hydrogen-bond donors (Lipinski definition) is 4. The summed E-state index contributed by atoms with van der Waals surface area (Å²) in [6.07, 6.45) is -3.45. The van der Waals surface area contributed by atoms with Crippen LogP contribution in [0.1, 0.15) is 30.2 Å². The number of likely N-dealkylation sites (N-methyl/N-ethyl adjacent to an activating group) is 1. The average molecular weight is 612 g/mol. The van der Waals surface area contributed by atoms with Crippen molar-refractivity contribution in [2.45, 2.75) is 37.4 Å². The van der Waals surface area contributed by atoms with Gasteiger partial charge in [0.2, 0.25) is 0 Å². The lowest BCUT2D eigenvalue weighted by Gasteiger charge is -2.17. The highest BCUT2D eigenvalue weighted by atomic mass is 127. The Morgan fingerprint density at radius 3 is 2.41 bits per heavy atom. The Morgan fingerprint density at radius 1 is 1.05 bits per heavy atom. The number of carbonyl (C=O) groups excluding carboxylic acids is 1. The summed E-state index contributed by atoms with van der Waals surface area (Å²) in [5.74, 6) is 0.220. The van der Waals surface area contributed by atoms with Gasteiger partial charge in [-0.15, -0.1) is 0 Å². The Bertz CT molecular complexity index is 1450. The number of ether oxygens (including phenoxy) is 1. The Morgan fingerprint density at radius 2 is 1.73 bits per heavy atom. The lowest BCUT2D eigenvalue weighted by atomic mass is 9.97. The van der Waals surface area contributed by atoms with Gasteiger partial charge in [0.15, 0.2) is 33.1 Å². The number of benzene rings is 2. The van der Waals surface area contributed by atoms with Crippen LogP contribution < -0.4 is 10.6 Å². The first-order valence-electron chi connectivity index (χ1n) is 12.1. The average Bonchev–Trinajstić information content (AvgIpc) is 3.55. The van der Waals surface area contributed by atoms with Gasteiger partial charge in [-0.25, -0.2) is 15.0 Å². The van der Waals surface area contributed by atoms with Gasteiger partial charge in [-0.05, 0) is 29.2 Å². The number of hydrogen-bond acceptors (Lipinski definition) is 8. The van der Waals surface area contributed by atoms with Gasteiger partial charge in [-0.2, -0.15) is 0 Å². The van der Waals surface area contributed by atoms with Crippen LogP contribution in [0.25, 0.3) is 22.3 Å². The van der Waals surface area contributed by atoms with Gasteiger partial charge in [0, 0.05) is 41.6 Å². The first kappa shape index (κ1) is 24.2. The van der Waals surface area contributed by atoms with E-state index in [4.69, 9.17) is 4.74 Å². The van der Waals surface area contributed by atoms with Crippen LogP contribution in [0.4, 0.5) is 5.82 Å². The molecule has 0 spiro atoms. The highest BCUT2D eigenvalue weighted by molar-refractivity contribution is 14.1. The van der Waals surface area contributed by atoms with Crippen molar-refractivity contribution in [2.24, 2.45) is 0 Å². The Balaban J connectivity index is 1.30. The summed E-state index contributed by atoms with van der Waals surface area (Å²) in [6, 6.07) is 16.8. The molecule has 1 aliphatic heterocycles. The molecule has 0 saturated carbocycles. The summed E-state index contributed by atoms with van der Waals surface area (Å²) < 4.78 is 7.80. The monoisotopic (exact) mass is 612 g/mol. The third-order valence-electron chi connectivity index (χ3n) is 6.95. The van der Waals surface area contributed by atoms with Crippen molar-refractivity contribution >= 4 is 45.5 Å². The lowest BCUT2D eigenvalue weighted by Crippen LogP contribution is -2.42. The van der Waals surface area contributed by atoms with E-state index in [-0.39, 0.29) is 5.92 Å². The number of aliphatic hydroxyl groups excluding tert-OH is 2. The zero-order valence-electron chi connectivity index (χ0n) is 19.9. The zero-order valence-corrected chi connectivity index (χ0v) is 22.0. The number of halogens is 1. The molecule has 4 N–H and O–H groups in total. The molecule has 10 nitrogen and oxygen atoms in total. The second-order valence-electron chi connectivity index (χ2n) is 9.10. The second-order valence-corrected chi connectivity index (χ2v) is 10.1. The standard InChI is InChI=1S/C26H25IN6O4/c1-2-28-24(36)21-19(34)20(35)25(37-21)33-12-30-18-22(31-26(27)32-23(18)33)29-11-17-15-9-5-3-7-13(15)14-8-4-6-10-16(14)17/h3-10,12,17,19-21,25,34-35H,2,11H2,1H3,(H,28,36)(H,29,31,32)/t19-,20+,21-,25+/m0/s1. The molecule has 2 aliphatic rings. The molecule has 0 bridgehead atoms. The van der Waals surface area contributed by atoms with Gasteiger partial charge >= 0.3 is 0 Å². The van der Waals surface area contributed by atoms with Crippen molar-refractivity contribution in [1.29, 1.82) is 0 Å². The summed E-state index contributed by atoms with van der Waals surface area (Å²) in [5.41, 5.74) is 5.94. The molecule has 0 unspecified atom stereocenters. The van der Waals surface area contributed by atoms with E-state index in [0.29, 0.717) is 33.9 Å². The number of nitrogens with zero attached hydrogens (tertiary/aromatic N) is 4. The fourth-order valence-corrected chi connectivity index (χ4v) is 5.73. The second kappa shape index (κ2) is 9.63. The number of carbonyl (C=O) groups is 1. The third-order valence-corrected chi connectivity index (χ3v) is 7.43. The van der Waals surface area contributed by atoms with E-state index in [9.17, 15) is 15.0 Å². The molecule has 1 aliphatic carbocycles. The van der Waals surface area contributed by atoms with Crippen LogP contribution >= 0.6 is 22.6 Å². The molecule has 4 aromatic rings. The van der Waals surface area contributed by atoms with E-state index in [0.717, 1.165) is 0 Å². The maximum Gasteiger partial charge on any atom is 0.252 e. The lowest BCUT2D eigenvalue weighted by molar-refractivity contribution is -0.137. The van der Waals surface area contributed by atoms with Crippen molar-refractivity contribution in [3.8, 4) is 11.1 Å². The number of fused-ring (bicyclic) bond motifs is 4. The maximum absolute atomic E-state index is 12.3. The quantitative estimate of drug-likeness (QED) is 0.193. The maximum atomic E-state index is 12.3. The molecule has 2 aromatic carbocycles. The number of anilines is 1. The number of rotatable bonds is 6. The fraction of sp³-hybridized carbons (Fsp3) is 0.308. The summed E-state index contributed by atoms with van der Waals surface area (Å²) in [4.78, 5) is 25.9. The number of amides is 1. The first-order valence-corrected chi connectivity index (χ1v) is 13.2. The molecule has 3 heterocycles. The van der Waals surface area contributed by atoms with Crippen LogP contribution in [0.15, 0.2) is 54.9 Å². The Labute approximate surface area is 226 Å². The number of aliphatic hydroxyl groups is 2. The van der Waals surface area contributed by atoms with Gasteiger partial charge in [0.25, 0.3) is 5.91 Å². The van der Waals surface area contributed by atoms with Crippen molar-refractivity contribution < 1.29 is 19.7 Å². The Kier molecular flexibility index (Phi) is 6.31. The molecule has 6 rings (SSSR count). The summed E-state index contributed by atoms with van der Waals surface area (Å²) in [6.45, 7) is 2.76. The van der Waals surface area contributed by atoms with E-state index < -0.39 is 30.4 Å². The fourth-order valence-electron chi connectivity index (χ4n) is 5.26. The van der Waals surface area contributed by atoms with Crippen LogP contribution in [0.3, 0.4) is 0 Å². The smallest absolute Gasteiger partial charge is 0.252 e. The van der Waals surface area contributed by atoms with Crippen LogP contribution in [0, 0.1) is 3.83 Å². The molecule has 11 heteroatoms. The molecule has 0 radical (unpaired) electrons. The van der Waals surface area contributed by atoms with E-state index in [2.05, 4.69) is 74.1 Å². The highest BCUT2D eigenvalue weighted by Gasteiger charge is 2.47. The van der Waals surface area contributed by atoms with E-state index in [1.54, 1.807) is 6.92 Å². The summed E-state index contributed by atoms with van der Waals surface area (Å²) >= 11 is 2.03. The van der Waals surface area contributed by atoms with Gasteiger partial charge in [-0.1, -0.05) is 48.5 Å². The molecular weight excluding hydrogens is 587 g/mol. The predicted molar refractivity (Wildman–Crippen MR) is 145 cm³/mol. The van der Waals surface area contributed by atoms with Crippen LogP contribution in [0.2, 0.25) is 0 Å². The van der Waals surface area contributed by atoms with Crippen LogP contribution in [-0.2, 0) is 9.53 Å². The molecule has 4 atom stereocenters. The topological polar surface area (TPSA) is 134 Å². The van der Waals surface area contributed by atoms with Crippen molar-refractivity contribution in [1.82, 2.24) is 24.8 Å².